The maximum atomic E-state index is 5.93. The molecular formula is C13H18BrN5. The van der Waals surface area contributed by atoms with E-state index in [4.69, 9.17) is 5.73 Å². The maximum absolute atomic E-state index is 5.93. The number of halogens is 1. The van der Waals surface area contributed by atoms with Gasteiger partial charge in [-0.05, 0) is 28.8 Å². The first-order valence-corrected chi connectivity index (χ1v) is 7.29. The van der Waals surface area contributed by atoms with Crippen molar-refractivity contribution in [1.82, 2.24) is 19.7 Å². The average Bonchev–Trinajstić information content (AvgIpc) is 2.84. The van der Waals surface area contributed by atoms with Gasteiger partial charge in [0.15, 0.2) is 5.82 Å². The number of anilines is 1. The standard InChI is InChI=1S/C13H18BrN5/c1-3-5-10-11(14)12(15)18-13(17-10)9-7-16-19(8-9)6-4-2/h7-8H,3-6H2,1-2H3,(H2,15,17,18). The van der Waals surface area contributed by atoms with Gasteiger partial charge in [-0.2, -0.15) is 5.10 Å². The molecule has 0 unspecified atom stereocenters. The van der Waals surface area contributed by atoms with E-state index in [9.17, 15) is 0 Å². The average molecular weight is 324 g/mol. The van der Waals surface area contributed by atoms with E-state index in [0.717, 1.165) is 41.5 Å². The minimum Gasteiger partial charge on any atom is -0.383 e. The van der Waals surface area contributed by atoms with Gasteiger partial charge < -0.3 is 5.73 Å². The molecule has 5 nitrogen and oxygen atoms in total. The van der Waals surface area contributed by atoms with Crippen molar-refractivity contribution in [2.45, 2.75) is 39.7 Å². The zero-order chi connectivity index (χ0) is 13.8. The molecule has 0 aliphatic heterocycles. The van der Waals surface area contributed by atoms with Gasteiger partial charge in [-0.25, -0.2) is 9.97 Å². The second-order valence-corrected chi connectivity index (χ2v) is 5.23. The lowest BCUT2D eigenvalue weighted by molar-refractivity contribution is 0.603. The van der Waals surface area contributed by atoms with E-state index < -0.39 is 0 Å². The molecule has 0 saturated carbocycles. The van der Waals surface area contributed by atoms with E-state index in [-0.39, 0.29) is 0 Å². The van der Waals surface area contributed by atoms with Gasteiger partial charge in [-0.1, -0.05) is 20.3 Å². The summed E-state index contributed by atoms with van der Waals surface area (Å²) in [7, 11) is 0. The quantitative estimate of drug-likeness (QED) is 0.918. The van der Waals surface area contributed by atoms with Gasteiger partial charge in [0.05, 0.1) is 21.9 Å². The molecule has 0 saturated heterocycles. The van der Waals surface area contributed by atoms with Crippen molar-refractivity contribution in [2.24, 2.45) is 0 Å². The van der Waals surface area contributed by atoms with Crippen LogP contribution in [0.25, 0.3) is 11.4 Å². The molecular weight excluding hydrogens is 306 g/mol. The largest absolute Gasteiger partial charge is 0.383 e. The summed E-state index contributed by atoms with van der Waals surface area (Å²) in [5.74, 6) is 1.13. The highest BCUT2D eigenvalue weighted by Crippen LogP contribution is 2.25. The molecule has 0 atom stereocenters. The molecule has 2 aromatic heterocycles. The predicted octanol–water partition coefficient (Wildman–Crippen LogP) is 3.05. The monoisotopic (exact) mass is 323 g/mol. The van der Waals surface area contributed by atoms with Crippen LogP contribution in [0.3, 0.4) is 0 Å². The Morgan fingerprint density at radius 3 is 2.74 bits per heavy atom. The molecule has 102 valence electrons. The Morgan fingerprint density at radius 1 is 1.26 bits per heavy atom. The third kappa shape index (κ3) is 3.12. The second kappa shape index (κ2) is 6.14. The number of nitrogen functional groups attached to an aromatic ring is 1. The molecule has 0 aromatic carbocycles. The molecule has 0 aliphatic rings. The van der Waals surface area contributed by atoms with E-state index in [0.29, 0.717) is 11.6 Å². The Bertz CT molecular complexity index is 564. The van der Waals surface area contributed by atoms with Crippen molar-refractivity contribution in [1.29, 1.82) is 0 Å². The lowest BCUT2D eigenvalue weighted by atomic mass is 10.2. The normalized spacial score (nSPS) is 10.9. The fourth-order valence-corrected chi connectivity index (χ4v) is 2.25. The third-order valence-electron chi connectivity index (χ3n) is 2.78. The Labute approximate surface area is 121 Å². The third-order valence-corrected chi connectivity index (χ3v) is 3.64. The summed E-state index contributed by atoms with van der Waals surface area (Å²) >= 11 is 3.45. The number of nitrogens with zero attached hydrogens (tertiary/aromatic N) is 4. The number of hydrogen-bond acceptors (Lipinski definition) is 4. The molecule has 0 amide bonds. The zero-order valence-corrected chi connectivity index (χ0v) is 12.8. The van der Waals surface area contributed by atoms with Crippen molar-refractivity contribution in [3.8, 4) is 11.4 Å². The maximum Gasteiger partial charge on any atom is 0.165 e. The van der Waals surface area contributed by atoms with Gasteiger partial charge >= 0.3 is 0 Å². The van der Waals surface area contributed by atoms with Gasteiger partial charge in [-0.3, -0.25) is 4.68 Å². The number of hydrogen-bond donors (Lipinski definition) is 1. The molecule has 0 radical (unpaired) electrons. The Kier molecular flexibility index (Phi) is 4.52. The van der Waals surface area contributed by atoms with Gasteiger partial charge in [0.25, 0.3) is 0 Å². The summed E-state index contributed by atoms with van der Waals surface area (Å²) in [5.41, 5.74) is 7.79. The van der Waals surface area contributed by atoms with E-state index in [1.165, 1.54) is 0 Å². The SMILES string of the molecule is CCCc1nc(-c2cnn(CCC)c2)nc(N)c1Br. The van der Waals surface area contributed by atoms with Crippen LogP contribution < -0.4 is 5.73 Å². The van der Waals surface area contributed by atoms with Crippen molar-refractivity contribution in [2.75, 3.05) is 5.73 Å². The lowest BCUT2D eigenvalue weighted by Gasteiger charge is -2.07. The fourth-order valence-electron chi connectivity index (χ4n) is 1.87. The van der Waals surface area contributed by atoms with Crippen LogP contribution in [-0.2, 0) is 13.0 Å². The number of aromatic nitrogens is 4. The molecule has 0 fully saturated rings. The molecule has 0 bridgehead atoms. The van der Waals surface area contributed by atoms with E-state index >= 15 is 0 Å². The molecule has 2 aromatic rings. The van der Waals surface area contributed by atoms with Crippen LogP contribution in [0.1, 0.15) is 32.4 Å². The zero-order valence-electron chi connectivity index (χ0n) is 11.2. The summed E-state index contributed by atoms with van der Waals surface area (Å²) in [4.78, 5) is 8.90. The molecule has 6 heteroatoms. The highest BCUT2D eigenvalue weighted by Gasteiger charge is 2.12. The second-order valence-electron chi connectivity index (χ2n) is 4.44. The van der Waals surface area contributed by atoms with Crippen molar-refractivity contribution < 1.29 is 0 Å². The van der Waals surface area contributed by atoms with Crippen LogP contribution in [0.5, 0.6) is 0 Å². The number of nitrogens with two attached hydrogens (primary N) is 1. The first-order chi connectivity index (χ1) is 9.15. The Balaban J connectivity index is 2.37. The first kappa shape index (κ1) is 14.0. The summed E-state index contributed by atoms with van der Waals surface area (Å²) in [6, 6.07) is 0. The van der Waals surface area contributed by atoms with Gasteiger partial charge in [-0.15, -0.1) is 0 Å². The minimum absolute atomic E-state index is 0.483. The van der Waals surface area contributed by atoms with Crippen molar-refractivity contribution in [3.63, 3.8) is 0 Å². The van der Waals surface area contributed by atoms with Crippen LogP contribution in [0.15, 0.2) is 16.9 Å². The predicted molar refractivity (Wildman–Crippen MR) is 79.7 cm³/mol. The van der Waals surface area contributed by atoms with Crippen molar-refractivity contribution in [3.05, 3.63) is 22.6 Å². The highest BCUT2D eigenvalue weighted by atomic mass is 79.9. The summed E-state index contributed by atoms with van der Waals surface area (Å²) < 4.78 is 2.70. The summed E-state index contributed by atoms with van der Waals surface area (Å²) in [5, 5.41) is 4.29. The van der Waals surface area contributed by atoms with Crippen LogP contribution in [-0.4, -0.2) is 19.7 Å². The lowest BCUT2D eigenvalue weighted by Crippen LogP contribution is -2.02. The van der Waals surface area contributed by atoms with Crippen LogP contribution in [0.4, 0.5) is 5.82 Å². The minimum atomic E-state index is 0.483. The van der Waals surface area contributed by atoms with Gasteiger partial charge in [0.2, 0.25) is 0 Å². The molecule has 2 rings (SSSR count). The number of aryl methyl sites for hydroxylation is 2. The van der Waals surface area contributed by atoms with E-state index in [1.807, 2.05) is 10.9 Å². The molecule has 2 heterocycles. The van der Waals surface area contributed by atoms with E-state index in [1.54, 1.807) is 6.20 Å². The summed E-state index contributed by atoms with van der Waals surface area (Å²) in [6.07, 6.45) is 6.69. The Hall–Kier alpha value is -1.43. The Morgan fingerprint density at radius 2 is 2.05 bits per heavy atom. The van der Waals surface area contributed by atoms with Gasteiger partial charge in [0.1, 0.15) is 5.82 Å². The van der Waals surface area contributed by atoms with Gasteiger partial charge in [0, 0.05) is 12.7 Å². The highest BCUT2D eigenvalue weighted by molar-refractivity contribution is 9.10. The van der Waals surface area contributed by atoms with Crippen LogP contribution >= 0.6 is 15.9 Å². The summed E-state index contributed by atoms with van der Waals surface area (Å²) in [6.45, 7) is 5.13. The van der Waals surface area contributed by atoms with E-state index in [2.05, 4.69) is 44.8 Å². The molecule has 19 heavy (non-hydrogen) atoms. The number of rotatable bonds is 5. The fraction of sp³-hybridized carbons (Fsp3) is 0.462. The molecule has 2 N–H and O–H groups in total. The van der Waals surface area contributed by atoms with Crippen LogP contribution in [0.2, 0.25) is 0 Å². The van der Waals surface area contributed by atoms with Crippen molar-refractivity contribution >= 4 is 21.7 Å². The topological polar surface area (TPSA) is 69.6 Å². The smallest absolute Gasteiger partial charge is 0.165 e. The van der Waals surface area contributed by atoms with Crippen LogP contribution in [0, 0.1) is 0 Å². The first-order valence-electron chi connectivity index (χ1n) is 6.50. The molecule has 0 spiro atoms. The molecule has 0 aliphatic carbocycles.